The zero-order valence-electron chi connectivity index (χ0n) is 10.8. The smallest absolute Gasteiger partial charge is 0.382 e. The van der Waals surface area contributed by atoms with E-state index < -0.39 is 0 Å². The molecule has 0 fully saturated rings. The minimum Gasteiger partial charge on any atom is -0.382 e. The fourth-order valence-electron chi connectivity index (χ4n) is 0.167. The third-order valence-corrected chi connectivity index (χ3v) is 0.492. The topological polar surface area (TPSA) is 18.5 Å². The minimum atomic E-state index is 0. The fraction of sp³-hybridized carbons (Fsp3) is 0.308. The molecule has 0 aromatic rings. The van der Waals surface area contributed by atoms with Gasteiger partial charge in [-0.3, -0.25) is 0 Å². The first-order valence-corrected chi connectivity index (χ1v) is 4.34. The van der Waals surface area contributed by atoms with Gasteiger partial charge in [-0.25, -0.2) is 0 Å². The van der Waals surface area contributed by atoms with Crippen LogP contribution in [0.1, 0.15) is 0 Å². The predicted molar refractivity (Wildman–Crippen MR) is 68.8 cm³/mol. The minimum absolute atomic E-state index is 0. The van der Waals surface area contributed by atoms with Crippen molar-refractivity contribution in [2.75, 3.05) is 27.4 Å². The molecule has 0 N–H and O–H groups in total. The van der Waals surface area contributed by atoms with Crippen LogP contribution in [0.5, 0.6) is 0 Å². The molecule has 0 heterocycles. The second kappa shape index (κ2) is 55.9. The molecule has 0 atom stereocenters. The summed E-state index contributed by atoms with van der Waals surface area (Å²) in [5.74, 6) is 0. The van der Waals surface area contributed by atoms with Gasteiger partial charge in [0.15, 0.2) is 0 Å². The first-order valence-electron chi connectivity index (χ1n) is 4.34. The predicted octanol–water partition coefficient (Wildman–Crippen LogP) is 2.86. The van der Waals surface area contributed by atoms with Crippen LogP contribution < -0.4 is 0 Å². The van der Waals surface area contributed by atoms with Gasteiger partial charge in [-0.15, -0.1) is 0 Å². The van der Waals surface area contributed by atoms with Crippen LogP contribution in [0.3, 0.4) is 0 Å². The summed E-state index contributed by atoms with van der Waals surface area (Å²) in [4.78, 5) is 0. The van der Waals surface area contributed by atoms with E-state index in [1.807, 2.05) is 0 Å². The number of rotatable bonds is 3. The van der Waals surface area contributed by atoms with Gasteiger partial charge in [0.2, 0.25) is 0 Å². The van der Waals surface area contributed by atoms with Gasteiger partial charge in [-0.05, 0) is 60.8 Å². The van der Waals surface area contributed by atoms with Gasteiger partial charge in [0.1, 0.15) is 0 Å². The van der Waals surface area contributed by atoms with Gasteiger partial charge >= 0.3 is 35.6 Å². The van der Waals surface area contributed by atoms with E-state index in [4.69, 9.17) is 0 Å². The molecule has 0 rings (SSSR count). The average molecular weight is 352 g/mol. The van der Waals surface area contributed by atoms with Gasteiger partial charge < -0.3 is 9.47 Å². The molecule has 0 unspecified atom stereocenters. The van der Waals surface area contributed by atoms with Gasteiger partial charge in [-0.1, -0.05) is 0 Å². The zero-order chi connectivity index (χ0) is 12.9. The van der Waals surface area contributed by atoms with E-state index in [-0.39, 0.29) is 35.6 Å². The first-order chi connectivity index (χ1) is 7.16. The molecular formula is C13H25LaO2+3. The van der Waals surface area contributed by atoms with Crippen LogP contribution in [0.25, 0.3) is 0 Å². The Morgan fingerprint density at radius 3 is 0.875 bits per heavy atom. The molecule has 2 nitrogen and oxygen atoms in total. The first kappa shape index (κ1) is 30.3. The van der Waals surface area contributed by atoms with E-state index in [0.29, 0.717) is 13.2 Å². The summed E-state index contributed by atoms with van der Waals surface area (Å²) in [5, 5.41) is 0. The standard InChI is InChI=1S/C4H10O2.3C3H5.La/c1-5-3-4-6-2;3*1-3-2;/h3-4H2,1-2H3;3*3H,1-2H2;/q;;;;+3. The molecule has 0 aliphatic rings. The van der Waals surface area contributed by atoms with Gasteiger partial charge in [0.25, 0.3) is 0 Å². The van der Waals surface area contributed by atoms with Crippen LogP contribution in [0.15, 0.2) is 0 Å². The van der Waals surface area contributed by atoms with Crippen molar-refractivity contribution in [3.8, 4) is 0 Å². The maximum absolute atomic E-state index is 4.66. The van der Waals surface area contributed by atoms with Gasteiger partial charge in [0, 0.05) is 14.2 Å². The third kappa shape index (κ3) is 178. The Morgan fingerprint density at radius 2 is 0.812 bits per heavy atom. The number of hydrogen-bond acceptors (Lipinski definition) is 2. The molecule has 0 aromatic carbocycles. The molecule has 9 radical (unpaired) electrons. The second-order valence-corrected chi connectivity index (χ2v) is 1.85. The SMILES string of the molecule is COCCOC.[CH2][CH][CH2].[CH2][CH][CH2].[CH2][CH][CH2].[La+3]. The van der Waals surface area contributed by atoms with Crippen molar-refractivity contribution in [3.05, 3.63) is 60.8 Å². The van der Waals surface area contributed by atoms with Crippen LogP contribution in [-0.4, -0.2) is 27.4 Å². The van der Waals surface area contributed by atoms with E-state index in [1.54, 1.807) is 14.2 Å². The molecule has 0 amide bonds. The summed E-state index contributed by atoms with van der Waals surface area (Å²) in [5.41, 5.74) is 0. The van der Waals surface area contributed by atoms with Crippen LogP contribution in [-0.2, 0) is 9.47 Å². The summed E-state index contributed by atoms with van der Waals surface area (Å²) < 4.78 is 9.31. The second-order valence-electron chi connectivity index (χ2n) is 1.85. The number of ether oxygens (including phenoxy) is 2. The van der Waals surface area contributed by atoms with Crippen molar-refractivity contribution in [1.82, 2.24) is 0 Å². The van der Waals surface area contributed by atoms with Crippen molar-refractivity contribution in [2.45, 2.75) is 0 Å². The van der Waals surface area contributed by atoms with E-state index in [1.165, 1.54) is 19.3 Å². The van der Waals surface area contributed by atoms with Crippen LogP contribution in [0.4, 0.5) is 0 Å². The summed E-state index contributed by atoms with van der Waals surface area (Å²) >= 11 is 0. The fourth-order valence-corrected chi connectivity index (χ4v) is 0.167. The Bertz CT molecular complexity index is 44.4. The van der Waals surface area contributed by atoms with E-state index in [0.717, 1.165) is 0 Å². The Labute approximate surface area is 132 Å². The summed E-state index contributed by atoms with van der Waals surface area (Å²) in [6, 6.07) is 0. The van der Waals surface area contributed by atoms with Crippen molar-refractivity contribution >= 4 is 0 Å². The van der Waals surface area contributed by atoms with E-state index in [9.17, 15) is 0 Å². The van der Waals surface area contributed by atoms with Crippen molar-refractivity contribution in [3.63, 3.8) is 0 Å². The normalized spacial score (nSPS) is 6.75. The molecule has 16 heavy (non-hydrogen) atoms. The summed E-state index contributed by atoms with van der Waals surface area (Å²) in [6.07, 6.45) is 4.50. The quantitative estimate of drug-likeness (QED) is 0.728. The largest absolute Gasteiger partial charge is 3.00 e. The van der Waals surface area contributed by atoms with Crippen LogP contribution in [0.2, 0.25) is 0 Å². The number of hydrogen-bond donors (Lipinski definition) is 0. The van der Waals surface area contributed by atoms with Crippen molar-refractivity contribution in [1.29, 1.82) is 0 Å². The Balaban J connectivity index is -0.0000000353. The summed E-state index contributed by atoms with van der Waals surface area (Å²) in [6.45, 7) is 20.9. The molecule has 0 aromatic heterocycles. The van der Waals surface area contributed by atoms with Gasteiger partial charge in [0.05, 0.1) is 13.2 Å². The van der Waals surface area contributed by atoms with Gasteiger partial charge in [-0.2, -0.15) is 0 Å². The zero-order valence-corrected chi connectivity index (χ0v) is 14.4. The van der Waals surface area contributed by atoms with Crippen LogP contribution in [0, 0.1) is 96.4 Å². The van der Waals surface area contributed by atoms with Crippen molar-refractivity contribution < 1.29 is 45.1 Å². The Kier molecular flexibility index (Phi) is 106. The van der Waals surface area contributed by atoms with Crippen molar-refractivity contribution in [2.24, 2.45) is 0 Å². The maximum Gasteiger partial charge on any atom is 3.00 e. The van der Waals surface area contributed by atoms with E-state index >= 15 is 0 Å². The molecule has 0 saturated carbocycles. The molecule has 3 heteroatoms. The number of methoxy groups -OCH3 is 2. The molecule has 0 aliphatic carbocycles. The molecule has 89 valence electrons. The monoisotopic (exact) mass is 352 g/mol. The molecule has 0 bridgehead atoms. The molecule has 0 spiro atoms. The van der Waals surface area contributed by atoms with Crippen LogP contribution >= 0.6 is 0 Å². The Hall–Kier alpha value is 1.11. The average Bonchev–Trinajstić information content (AvgIpc) is 2.18. The molecular weight excluding hydrogens is 327 g/mol. The maximum atomic E-state index is 4.66. The Morgan fingerprint density at radius 1 is 0.688 bits per heavy atom. The third-order valence-electron chi connectivity index (χ3n) is 0.492. The molecule has 0 aliphatic heterocycles. The molecule has 0 saturated heterocycles. The summed E-state index contributed by atoms with van der Waals surface area (Å²) in [7, 11) is 3.30. The van der Waals surface area contributed by atoms with E-state index in [2.05, 4.69) is 51.0 Å².